The number of hydrogen-bond donors (Lipinski definition) is 0. The summed E-state index contributed by atoms with van der Waals surface area (Å²) in [4.78, 5) is 37.7. The van der Waals surface area contributed by atoms with Crippen LogP contribution in [0.2, 0.25) is 0 Å². The van der Waals surface area contributed by atoms with E-state index in [9.17, 15) is 14.4 Å². The molecule has 6 nitrogen and oxygen atoms in total. The highest BCUT2D eigenvalue weighted by Crippen LogP contribution is 2.25. The topological polar surface area (TPSA) is 78.9 Å². The average molecular weight is 376 g/mol. The van der Waals surface area contributed by atoms with Crippen molar-refractivity contribution in [3.05, 3.63) is 45.6 Å². The number of rotatable bonds is 9. The zero-order valence-electron chi connectivity index (χ0n) is 14.9. The molecule has 1 aromatic heterocycles. The third-order valence-corrected chi connectivity index (χ3v) is 4.69. The number of Topliss-reactive ketones (excluding diaryl/α,β-unsaturated/α-hetero) is 2. The minimum absolute atomic E-state index is 0.0544. The van der Waals surface area contributed by atoms with E-state index in [1.54, 1.807) is 24.3 Å². The summed E-state index contributed by atoms with van der Waals surface area (Å²) in [6.07, 6.45) is -0.0123. The predicted octanol–water partition coefficient (Wildman–Crippen LogP) is 3.46. The fourth-order valence-electron chi connectivity index (χ4n) is 2.25. The van der Waals surface area contributed by atoms with Crippen molar-refractivity contribution in [2.45, 2.75) is 19.8 Å². The van der Waals surface area contributed by atoms with Crippen LogP contribution in [0, 0.1) is 6.92 Å². The second-order valence-electron chi connectivity index (χ2n) is 5.48. The molecule has 0 bridgehead atoms. The van der Waals surface area contributed by atoms with Gasteiger partial charge in [-0.2, -0.15) is 0 Å². The number of esters is 1. The van der Waals surface area contributed by atoms with Crippen LogP contribution in [0.3, 0.4) is 0 Å². The van der Waals surface area contributed by atoms with Gasteiger partial charge < -0.3 is 14.2 Å². The van der Waals surface area contributed by atoms with E-state index in [-0.39, 0.29) is 18.6 Å². The number of ketones is 2. The van der Waals surface area contributed by atoms with Crippen molar-refractivity contribution in [3.8, 4) is 11.5 Å². The van der Waals surface area contributed by atoms with Crippen LogP contribution in [-0.4, -0.2) is 38.4 Å². The average Bonchev–Trinajstić information content (AvgIpc) is 3.09. The van der Waals surface area contributed by atoms with E-state index in [4.69, 9.17) is 14.2 Å². The van der Waals surface area contributed by atoms with Crippen LogP contribution in [0.15, 0.2) is 30.3 Å². The molecule has 0 N–H and O–H groups in total. The molecule has 0 spiro atoms. The third-order valence-electron chi connectivity index (χ3n) is 3.64. The molecule has 0 saturated carbocycles. The number of ether oxygens (including phenoxy) is 3. The zero-order chi connectivity index (χ0) is 19.1. The fraction of sp³-hybridized carbons (Fsp3) is 0.316. The zero-order valence-corrected chi connectivity index (χ0v) is 15.7. The van der Waals surface area contributed by atoms with Crippen molar-refractivity contribution in [2.75, 3.05) is 20.8 Å². The van der Waals surface area contributed by atoms with Crippen molar-refractivity contribution in [3.63, 3.8) is 0 Å². The van der Waals surface area contributed by atoms with Crippen LogP contribution < -0.4 is 9.47 Å². The van der Waals surface area contributed by atoms with Crippen LogP contribution in [-0.2, 0) is 9.53 Å². The van der Waals surface area contributed by atoms with Crippen LogP contribution in [0.25, 0.3) is 0 Å². The first kappa shape index (κ1) is 19.7. The Balaban J connectivity index is 1.85. The SMILES string of the molecule is COc1ccc(C(=O)COC(=O)CCC(=O)c2ccc(C)s2)c(OC)c1. The monoisotopic (exact) mass is 376 g/mol. The minimum Gasteiger partial charge on any atom is -0.497 e. The molecule has 26 heavy (non-hydrogen) atoms. The lowest BCUT2D eigenvalue weighted by molar-refractivity contribution is -0.142. The molecule has 0 aliphatic rings. The van der Waals surface area contributed by atoms with Gasteiger partial charge in [-0.25, -0.2) is 0 Å². The second kappa shape index (κ2) is 9.15. The van der Waals surface area contributed by atoms with E-state index in [1.807, 2.05) is 13.0 Å². The highest BCUT2D eigenvalue weighted by atomic mass is 32.1. The van der Waals surface area contributed by atoms with Crippen LogP contribution in [0.5, 0.6) is 11.5 Å². The molecule has 1 aromatic carbocycles. The molecular formula is C19H20O6S. The summed E-state index contributed by atoms with van der Waals surface area (Å²) in [5.74, 6) is -0.194. The lowest BCUT2D eigenvalue weighted by Crippen LogP contribution is -2.15. The molecule has 2 rings (SSSR count). The summed E-state index contributed by atoms with van der Waals surface area (Å²) in [7, 11) is 2.95. The molecule has 0 saturated heterocycles. The molecule has 0 aliphatic carbocycles. The molecule has 1 heterocycles. The maximum atomic E-state index is 12.2. The number of thiophene rings is 1. The maximum absolute atomic E-state index is 12.2. The Labute approximate surface area is 155 Å². The normalized spacial score (nSPS) is 10.3. The van der Waals surface area contributed by atoms with Crippen molar-refractivity contribution < 1.29 is 28.6 Å². The van der Waals surface area contributed by atoms with Gasteiger partial charge >= 0.3 is 5.97 Å². The first-order chi connectivity index (χ1) is 12.4. The van der Waals surface area contributed by atoms with Crippen LogP contribution in [0.4, 0.5) is 0 Å². The minimum atomic E-state index is -0.590. The molecule has 0 atom stereocenters. The number of carbonyl (C=O) groups is 3. The van der Waals surface area contributed by atoms with Gasteiger partial charge in [0.25, 0.3) is 0 Å². The Morgan fingerprint density at radius 2 is 1.73 bits per heavy atom. The Hall–Kier alpha value is -2.67. The van der Waals surface area contributed by atoms with Gasteiger partial charge in [0.05, 0.1) is 31.1 Å². The van der Waals surface area contributed by atoms with Gasteiger partial charge in [0.1, 0.15) is 11.5 Å². The van der Waals surface area contributed by atoms with Crippen molar-refractivity contribution in [1.29, 1.82) is 0 Å². The van der Waals surface area contributed by atoms with E-state index in [0.717, 1.165) is 4.88 Å². The quantitative estimate of drug-likeness (QED) is 0.493. The van der Waals surface area contributed by atoms with Crippen molar-refractivity contribution in [2.24, 2.45) is 0 Å². The summed E-state index contributed by atoms with van der Waals surface area (Å²) in [6, 6.07) is 8.36. The Morgan fingerprint density at radius 3 is 2.35 bits per heavy atom. The molecule has 0 aliphatic heterocycles. The van der Waals surface area contributed by atoms with Crippen LogP contribution >= 0.6 is 11.3 Å². The predicted molar refractivity (Wildman–Crippen MR) is 97.5 cm³/mol. The van der Waals surface area contributed by atoms with E-state index < -0.39 is 18.4 Å². The fourth-order valence-corrected chi connectivity index (χ4v) is 3.08. The smallest absolute Gasteiger partial charge is 0.306 e. The molecule has 7 heteroatoms. The summed E-state index contributed by atoms with van der Waals surface area (Å²) >= 11 is 1.39. The highest BCUT2D eigenvalue weighted by molar-refractivity contribution is 7.14. The Kier molecular flexibility index (Phi) is 6.91. The number of methoxy groups -OCH3 is 2. The van der Waals surface area contributed by atoms with Gasteiger partial charge in [-0.3, -0.25) is 14.4 Å². The van der Waals surface area contributed by atoms with Gasteiger partial charge in [-0.1, -0.05) is 0 Å². The lowest BCUT2D eigenvalue weighted by Gasteiger charge is -2.10. The number of carbonyl (C=O) groups excluding carboxylic acids is 3. The summed E-state index contributed by atoms with van der Waals surface area (Å²) in [6.45, 7) is 1.50. The van der Waals surface area contributed by atoms with Gasteiger partial charge in [-0.05, 0) is 31.2 Å². The van der Waals surface area contributed by atoms with Gasteiger partial charge in [0, 0.05) is 17.4 Å². The lowest BCUT2D eigenvalue weighted by atomic mass is 10.1. The largest absolute Gasteiger partial charge is 0.497 e. The molecule has 138 valence electrons. The van der Waals surface area contributed by atoms with E-state index >= 15 is 0 Å². The number of hydrogen-bond acceptors (Lipinski definition) is 7. The maximum Gasteiger partial charge on any atom is 0.306 e. The molecule has 0 fully saturated rings. The van der Waals surface area contributed by atoms with Crippen molar-refractivity contribution in [1.82, 2.24) is 0 Å². The molecule has 0 unspecified atom stereocenters. The Morgan fingerprint density at radius 1 is 0.962 bits per heavy atom. The molecule has 0 radical (unpaired) electrons. The third kappa shape index (κ3) is 5.16. The molecule has 2 aromatic rings. The highest BCUT2D eigenvalue weighted by Gasteiger charge is 2.17. The van der Waals surface area contributed by atoms with Gasteiger partial charge in [0.2, 0.25) is 5.78 Å². The summed E-state index contributed by atoms with van der Waals surface area (Å²) in [5.41, 5.74) is 0.297. The summed E-state index contributed by atoms with van der Waals surface area (Å²) < 4.78 is 15.2. The number of benzene rings is 1. The Bertz CT molecular complexity index is 808. The van der Waals surface area contributed by atoms with E-state index in [1.165, 1.54) is 25.6 Å². The standard InChI is InChI=1S/C19H20O6S/c1-12-4-8-18(26-12)15(20)7-9-19(22)25-11-16(21)14-6-5-13(23-2)10-17(14)24-3/h4-6,8,10H,7,9,11H2,1-3H3. The summed E-state index contributed by atoms with van der Waals surface area (Å²) in [5, 5.41) is 0. The van der Waals surface area contributed by atoms with Crippen molar-refractivity contribution >= 4 is 28.9 Å². The molecular weight excluding hydrogens is 356 g/mol. The first-order valence-electron chi connectivity index (χ1n) is 7.95. The second-order valence-corrected chi connectivity index (χ2v) is 6.77. The van der Waals surface area contributed by atoms with Crippen LogP contribution in [0.1, 0.15) is 37.7 Å². The van der Waals surface area contributed by atoms with E-state index in [0.29, 0.717) is 21.9 Å². The van der Waals surface area contributed by atoms with E-state index in [2.05, 4.69) is 0 Å². The number of aryl methyl sites for hydroxylation is 1. The van der Waals surface area contributed by atoms with Gasteiger partial charge in [0.15, 0.2) is 12.4 Å². The molecule has 0 amide bonds. The first-order valence-corrected chi connectivity index (χ1v) is 8.76. The van der Waals surface area contributed by atoms with Gasteiger partial charge in [-0.15, -0.1) is 11.3 Å².